The minimum Gasteiger partial charge on any atom is -0.507 e. The lowest BCUT2D eigenvalue weighted by Gasteiger charge is -2.08. The van der Waals surface area contributed by atoms with E-state index in [9.17, 15) is 19.1 Å². The minimum absolute atomic E-state index is 0.0790. The lowest BCUT2D eigenvalue weighted by molar-refractivity contribution is 0.102. The highest BCUT2D eigenvalue weighted by atomic mass is 19.1. The number of nitrogens with zero attached hydrogens (tertiary/aromatic N) is 3. The molecule has 1 aliphatic carbocycles. The van der Waals surface area contributed by atoms with Gasteiger partial charge in [0.2, 0.25) is 0 Å². The van der Waals surface area contributed by atoms with E-state index in [0.29, 0.717) is 28.1 Å². The number of phenols is 1. The molecule has 2 heterocycles. The molecule has 176 valence electrons. The zero-order chi connectivity index (χ0) is 24.4. The number of carbonyl (C=O) groups is 2. The average molecular weight is 471 g/mol. The Morgan fingerprint density at radius 3 is 2.57 bits per heavy atom. The Balaban J connectivity index is 1.35. The smallest absolute Gasteiger partial charge is 0.342 e. The molecule has 0 spiro atoms. The number of nitrogens with one attached hydrogen (secondary N) is 2. The van der Waals surface area contributed by atoms with E-state index in [1.54, 1.807) is 42.5 Å². The van der Waals surface area contributed by atoms with E-state index in [1.165, 1.54) is 35.3 Å². The Kier molecular flexibility index (Phi) is 5.97. The van der Waals surface area contributed by atoms with Crippen molar-refractivity contribution in [1.82, 2.24) is 20.1 Å². The standard InChI is InChI=1S/C26H22FN5O3/c27-19-3-1-2-16(12-19)15-29-26(35)32-23(17-4-5-17)14-22(31-32)21-7-6-20(13-24(21)33)30-25(34)18-8-10-28-11-9-18/h1-3,6-14,17,33H,4-5,15H2,(H,29,35)(H,30,34). The van der Waals surface area contributed by atoms with Gasteiger partial charge in [-0.2, -0.15) is 9.78 Å². The van der Waals surface area contributed by atoms with Gasteiger partial charge in [0.05, 0.1) is 11.4 Å². The molecule has 2 amide bonds. The molecule has 0 aliphatic heterocycles. The van der Waals surface area contributed by atoms with E-state index in [2.05, 4.69) is 20.7 Å². The molecular weight excluding hydrogens is 449 g/mol. The maximum absolute atomic E-state index is 13.4. The van der Waals surface area contributed by atoms with Crippen molar-refractivity contribution < 1.29 is 19.1 Å². The zero-order valence-corrected chi connectivity index (χ0v) is 18.6. The SMILES string of the molecule is O=C(Nc1ccc(-c2cc(C3CC3)n(C(=O)NCc3cccc(F)c3)n2)c(O)c1)c1ccncc1. The molecule has 1 fully saturated rings. The number of halogens is 1. The summed E-state index contributed by atoms with van der Waals surface area (Å²) in [5.41, 5.74) is 3.14. The minimum atomic E-state index is -0.428. The molecule has 35 heavy (non-hydrogen) atoms. The third kappa shape index (κ3) is 5.03. The summed E-state index contributed by atoms with van der Waals surface area (Å²) in [6, 6.07) is 15.3. The third-order valence-corrected chi connectivity index (χ3v) is 5.73. The first-order chi connectivity index (χ1) is 17.0. The number of carbonyl (C=O) groups excluding carboxylic acids is 2. The quantitative estimate of drug-likeness (QED) is 0.378. The summed E-state index contributed by atoms with van der Waals surface area (Å²) < 4.78 is 14.7. The van der Waals surface area contributed by atoms with Crippen LogP contribution in [0, 0.1) is 5.82 Å². The number of aromatic hydroxyl groups is 1. The molecular formula is C26H22FN5O3. The van der Waals surface area contributed by atoms with Gasteiger partial charge in [-0.05, 0) is 60.9 Å². The van der Waals surface area contributed by atoms with Crippen molar-refractivity contribution in [2.24, 2.45) is 0 Å². The third-order valence-electron chi connectivity index (χ3n) is 5.73. The Morgan fingerprint density at radius 1 is 1.06 bits per heavy atom. The summed E-state index contributed by atoms with van der Waals surface area (Å²) in [4.78, 5) is 29.1. The Labute approximate surface area is 200 Å². The van der Waals surface area contributed by atoms with E-state index in [4.69, 9.17) is 0 Å². The predicted octanol–water partition coefficient (Wildman–Crippen LogP) is 4.68. The summed E-state index contributed by atoms with van der Waals surface area (Å²) in [5.74, 6) is -0.551. The second-order valence-corrected chi connectivity index (χ2v) is 8.35. The Morgan fingerprint density at radius 2 is 1.86 bits per heavy atom. The van der Waals surface area contributed by atoms with Crippen LogP contribution in [0.1, 0.15) is 40.4 Å². The van der Waals surface area contributed by atoms with Gasteiger partial charge in [0.25, 0.3) is 5.91 Å². The van der Waals surface area contributed by atoms with Crippen LogP contribution in [0.4, 0.5) is 14.9 Å². The van der Waals surface area contributed by atoms with Gasteiger partial charge in [-0.25, -0.2) is 9.18 Å². The highest BCUT2D eigenvalue weighted by molar-refractivity contribution is 6.04. The zero-order valence-electron chi connectivity index (χ0n) is 18.6. The highest BCUT2D eigenvalue weighted by Crippen LogP contribution is 2.42. The highest BCUT2D eigenvalue weighted by Gasteiger charge is 2.30. The van der Waals surface area contributed by atoms with Crippen LogP contribution < -0.4 is 10.6 Å². The van der Waals surface area contributed by atoms with E-state index in [0.717, 1.165) is 18.5 Å². The molecule has 0 saturated heterocycles. The van der Waals surface area contributed by atoms with Crippen LogP contribution in [-0.2, 0) is 6.54 Å². The number of aromatic nitrogens is 3. The molecule has 2 aromatic heterocycles. The van der Waals surface area contributed by atoms with Crippen molar-refractivity contribution in [2.75, 3.05) is 5.32 Å². The number of anilines is 1. The van der Waals surface area contributed by atoms with Crippen molar-refractivity contribution in [2.45, 2.75) is 25.3 Å². The largest absolute Gasteiger partial charge is 0.507 e. The van der Waals surface area contributed by atoms with Crippen LogP contribution in [0.2, 0.25) is 0 Å². The summed E-state index contributed by atoms with van der Waals surface area (Å²) in [6.45, 7) is 0.160. The molecule has 8 nitrogen and oxygen atoms in total. The van der Waals surface area contributed by atoms with Crippen molar-refractivity contribution >= 4 is 17.6 Å². The average Bonchev–Trinajstić information content (AvgIpc) is 3.61. The fourth-order valence-electron chi connectivity index (χ4n) is 3.79. The fraction of sp³-hybridized carbons (Fsp3) is 0.154. The first-order valence-electron chi connectivity index (χ1n) is 11.2. The number of rotatable bonds is 6. The van der Waals surface area contributed by atoms with E-state index >= 15 is 0 Å². The molecule has 0 atom stereocenters. The lowest BCUT2D eigenvalue weighted by atomic mass is 10.1. The molecule has 0 unspecified atom stereocenters. The summed E-state index contributed by atoms with van der Waals surface area (Å²) in [6.07, 6.45) is 4.96. The summed E-state index contributed by atoms with van der Waals surface area (Å²) in [5, 5.41) is 20.6. The van der Waals surface area contributed by atoms with Gasteiger partial charge in [-0.1, -0.05) is 12.1 Å². The molecule has 9 heteroatoms. The topological polar surface area (TPSA) is 109 Å². The van der Waals surface area contributed by atoms with Crippen LogP contribution in [0.25, 0.3) is 11.3 Å². The summed E-state index contributed by atoms with van der Waals surface area (Å²) in [7, 11) is 0. The maximum atomic E-state index is 13.4. The van der Waals surface area contributed by atoms with Gasteiger partial charge in [0.1, 0.15) is 11.6 Å². The summed E-state index contributed by atoms with van der Waals surface area (Å²) >= 11 is 0. The van der Waals surface area contributed by atoms with Crippen molar-refractivity contribution in [3.05, 3.63) is 95.7 Å². The van der Waals surface area contributed by atoms with Crippen molar-refractivity contribution in [1.29, 1.82) is 0 Å². The van der Waals surface area contributed by atoms with Gasteiger partial charge >= 0.3 is 6.03 Å². The maximum Gasteiger partial charge on any atom is 0.342 e. The van der Waals surface area contributed by atoms with Gasteiger partial charge in [-0.15, -0.1) is 0 Å². The van der Waals surface area contributed by atoms with Crippen LogP contribution in [-0.4, -0.2) is 31.8 Å². The van der Waals surface area contributed by atoms with Crippen LogP contribution in [0.5, 0.6) is 5.75 Å². The normalized spacial score (nSPS) is 12.8. The van der Waals surface area contributed by atoms with Gasteiger partial charge < -0.3 is 15.7 Å². The number of benzene rings is 2. The first-order valence-corrected chi connectivity index (χ1v) is 11.2. The molecule has 1 saturated carbocycles. The van der Waals surface area contributed by atoms with Crippen LogP contribution in [0.3, 0.4) is 0 Å². The van der Waals surface area contributed by atoms with Crippen molar-refractivity contribution in [3.63, 3.8) is 0 Å². The number of hydrogen-bond acceptors (Lipinski definition) is 5. The molecule has 0 radical (unpaired) electrons. The Bertz CT molecular complexity index is 1400. The monoisotopic (exact) mass is 471 g/mol. The number of phenolic OH excluding ortho intramolecular Hbond substituents is 1. The predicted molar refractivity (Wildman–Crippen MR) is 128 cm³/mol. The van der Waals surface area contributed by atoms with Crippen LogP contribution >= 0.6 is 0 Å². The number of hydrogen-bond donors (Lipinski definition) is 3. The molecule has 1 aliphatic rings. The lowest BCUT2D eigenvalue weighted by Crippen LogP contribution is -2.30. The van der Waals surface area contributed by atoms with Gasteiger partial charge in [0.15, 0.2) is 0 Å². The van der Waals surface area contributed by atoms with Gasteiger partial charge in [-0.3, -0.25) is 9.78 Å². The molecule has 5 rings (SSSR count). The van der Waals surface area contributed by atoms with Crippen LogP contribution in [0.15, 0.2) is 73.1 Å². The fourth-order valence-corrected chi connectivity index (χ4v) is 3.79. The second kappa shape index (κ2) is 9.38. The first kappa shape index (κ1) is 22.3. The Hall–Kier alpha value is -4.53. The number of pyridine rings is 1. The molecule has 2 aromatic carbocycles. The van der Waals surface area contributed by atoms with Crippen molar-refractivity contribution in [3.8, 4) is 17.0 Å². The van der Waals surface area contributed by atoms with Gasteiger partial charge in [0, 0.05) is 47.7 Å². The molecule has 3 N–H and O–H groups in total. The number of amides is 2. The van der Waals surface area contributed by atoms with E-state index in [1.807, 2.05) is 0 Å². The second-order valence-electron chi connectivity index (χ2n) is 8.35. The van der Waals surface area contributed by atoms with E-state index in [-0.39, 0.29) is 29.9 Å². The molecule has 0 bridgehead atoms. The molecule has 4 aromatic rings. The van der Waals surface area contributed by atoms with E-state index < -0.39 is 6.03 Å².